The maximum absolute atomic E-state index is 13.4. The highest BCUT2D eigenvalue weighted by molar-refractivity contribution is 9.10. The van der Waals surface area contributed by atoms with E-state index in [1.807, 2.05) is 41.1 Å². The molecule has 0 radical (unpaired) electrons. The van der Waals surface area contributed by atoms with Crippen LogP contribution in [0.15, 0.2) is 71.9 Å². The van der Waals surface area contributed by atoms with Crippen LogP contribution in [0.3, 0.4) is 0 Å². The van der Waals surface area contributed by atoms with Crippen LogP contribution in [0.2, 0.25) is 0 Å². The molecule has 222 valence electrons. The van der Waals surface area contributed by atoms with Crippen molar-refractivity contribution in [3.05, 3.63) is 105 Å². The van der Waals surface area contributed by atoms with Crippen LogP contribution in [-0.4, -0.2) is 58.4 Å². The molecule has 0 N–H and O–H groups in total. The summed E-state index contributed by atoms with van der Waals surface area (Å²) in [5.74, 6) is -0.755. The van der Waals surface area contributed by atoms with Gasteiger partial charge < -0.3 is 14.0 Å². The zero-order valence-corrected chi connectivity index (χ0v) is 25.3. The molecule has 0 bridgehead atoms. The van der Waals surface area contributed by atoms with Crippen molar-refractivity contribution in [2.45, 2.75) is 49.0 Å². The third kappa shape index (κ3) is 5.57. The van der Waals surface area contributed by atoms with Gasteiger partial charge in [-0.3, -0.25) is 29.5 Å². The lowest BCUT2D eigenvalue weighted by molar-refractivity contribution is -0.384. The highest BCUT2D eigenvalue weighted by atomic mass is 79.9. The third-order valence-electron chi connectivity index (χ3n) is 7.48. The van der Waals surface area contributed by atoms with Gasteiger partial charge in [-0.15, -0.1) is 11.8 Å². The number of nitro benzene ring substituents is 1. The van der Waals surface area contributed by atoms with Gasteiger partial charge in [0.2, 0.25) is 12.1 Å². The number of ether oxygens (including phenoxy) is 2. The first-order valence-electron chi connectivity index (χ1n) is 13.4. The molecule has 2 aromatic carbocycles. The lowest BCUT2D eigenvalue weighted by Gasteiger charge is -2.48. The summed E-state index contributed by atoms with van der Waals surface area (Å²) in [5, 5.41) is 12.1. The first kappa shape index (κ1) is 29.1. The number of rotatable bonds is 9. The highest BCUT2D eigenvalue weighted by Crippen LogP contribution is 2.53. The molecule has 1 saturated heterocycles. The van der Waals surface area contributed by atoms with Crippen LogP contribution in [0.4, 0.5) is 5.69 Å². The summed E-state index contributed by atoms with van der Waals surface area (Å²) in [5.41, 5.74) is 2.43. The number of benzene rings is 2. The van der Waals surface area contributed by atoms with Crippen molar-refractivity contribution >= 4 is 51.2 Å². The number of aromatic nitrogens is 2. The molecule has 4 heterocycles. The van der Waals surface area contributed by atoms with Crippen molar-refractivity contribution in [1.82, 2.24) is 19.4 Å². The molecule has 0 spiro atoms. The average Bonchev–Trinajstić information content (AvgIpc) is 3.61. The predicted octanol–water partition coefficient (Wildman–Crippen LogP) is 4.04. The van der Waals surface area contributed by atoms with Crippen LogP contribution in [-0.2, 0) is 50.0 Å². The van der Waals surface area contributed by atoms with Gasteiger partial charge in [-0.25, -0.2) is 9.78 Å². The quantitative estimate of drug-likeness (QED) is 0.108. The van der Waals surface area contributed by atoms with E-state index in [4.69, 9.17) is 14.5 Å². The van der Waals surface area contributed by atoms with Crippen LogP contribution in [0.5, 0.6) is 0 Å². The minimum atomic E-state index is -0.986. The Balaban J connectivity index is 1.12. The zero-order chi connectivity index (χ0) is 30.3. The van der Waals surface area contributed by atoms with Gasteiger partial charge in [0.25, 0.3) is 5.69 Å². The fourth-order valence-electron chi connectivity index (χ4n) is 5.38. The van der Waals surface area contributed by atoms with E-state index >= 15 is 0 Å². The van der Waals surface area contributed by atoms with Crippen molar-refractivity contribution in [2.24, 2.45) is 0 Å². The minimum Gasteiger partial charge on any atom is -0.456 e. The fourth-order valence-corrected chi connectivity index (χ4v) is 7.58. The maximum atomic E-state index is 13.4. The summed E-state index contributed by atoms with van der Waals surface area (Å²) in [7, 11) is 0. The van der Waals surface area contributed by atoms with Gasteiger partial charge in [-0.05, 0) is 23.3 Å². The number of fused-ring (bicyclic) bond motifs is 2. The van der Waals surface area contributed by atoms with Gasteiger partial charge in [-0.2, -0.15) is 0 Å². The van der Waals surface area contributed by atoms with Crippen LogP contribution in [0.25, 0.3) is 0 Å². The molecule has 0 aliphatic carbocycles. The highest BCUT2D eigenvalue weighted by Gasteiger charge is 2.64. The second-order valence-electron chi connectivity index (χ2n) is 10.4. The Hall–Kier alpha value is -4.01. The van der Waals surface area contributed by atoms with Crippen molar-refractivity contribution in [3.8, 4) is 0 Å². The molecule has 12 nitrogen and oxygen atoms in total. The minimum absolute atomic E-state index is 0.0578. The molecule has 3 aliphatic rings. The van der Waals surface area contributed by atoms with Crippen LogP contribution < -0.4 is 0 Å². The molecule has 43 heavy (non-hydrogen) atoms. The van der Waals surface area contributed by atoms with Gasteiger partial charge >= 0.3 is 11.9 Å². The molecular weight excluding hydrogens is 642 g/mol. The number of hydrogen-bond donors (Lipinski definition) is 0. The average molecular weight is 669 g/mol. The third-order valence-corrected chi connectivity index (χ3v) is 10.1. The Morgan fingerprint density at radius 2 is 1.88 bits per heavy atom. The largest absolute Gasteiger partial charge is 0.456 e. The van der Waals surface area contributed by atoms with E-state index < -0.39 is 27.4 Å². The standard InChI is InChI=1S/C29H26BrN5O7S/c1-18(36)42-25-24-31-21(15-32(24)11-12-33(25)14-19-5-3-2-4-6-19)13-29(30)27(38)34-23(17-43-28(29)34)26(37)41-16-20-7-9-22(10-8-20)35(39)40/h2-10,15,17,25,28H,11-14,16H2,1H3/t25?,28-,29?/m1/s1. The van der Waals surface area contributed by atoms with E-state index in [2.05, 4.69) is 20.8 Å². The number of β-lactam (4-membered cyclic amide) rings is 1. The Morgan fingerprint density at radius 1 is 1.14 bits per heavy atom. The van der Waals surface area contributed by atoms with Crippen LogP contribution >= 0.6 is 27.7 Å². The number of nitro groups is 1. The Kier molecular flexibility index (Phi) is 7.83. The zero-order valence-electron chi connectivity index (χ0n) is 22.9. The molecule has 3 aliphatic heterocycles. The molecule has 1 amide bonds. The van der Waals surface area contributed by atoms with E-state index in [-0.39, 0.29) is 35.7 Å². The number of non-ortho nitro benzene ring substituents is 1. The number of imidazole rings is 1. The molecule has 2 unspecified atom stereocenters. The maximum Gasteiger partial charge on any atom is 0.355 e. The van der Waals surface area contributed by atoms with Gasteiger partial charge in [0.15, 0.2) is 5.82 Å². The number of esters is 2. The number of alkyl halides is 1. The van der Waals surface area contributed by atoms with E-state index in [0.29, 0.717) is 36.7 Å². The topological polar surface area (TPSA) is 137 Å². The molecular formula is C29H26BrN5O7S. The van der Waals surface area contributed by atoms with E-state index in [9.17, 15) is 24.5 Å². The summed E-state index contributed by atoms with van der Waals surface area (Å²) in [6, 6.07) is 15.6. The summed E-state index contributed by atoms with van der Waals surface area (Å²) >= 11 is 4.99. The van der Waals surface area contributed by atoms with E-state index in [1.165, 1.54) is 47.9 Å². The first-order valence-corrected chi connectivity index (χ1v) is 15.2. The lowest BCUT2D eigenvalue weighted by atomic mass is 9.92. The Bertz CT molecular complexity index is 1630. The van der Waals surface area contributed by atoms with Crippen LogP contribution in [0.1, 0.15) is 35.8 Å². The second-order valence-corrected chi connectivity index (χ2v) is 12.8. The van der Waals surface area contributed by atoms with Gasteiger partial charge in [0, 0.05) is 56.7 Å². The molecule has 6 rings (SSSR count). The van der Waals surface area contributed by atoms with E-state index in [1.54, 1.807) is 5.41 Å². The van der Waals surface area contributed by atoms with Gasteiger partial charge in [0.1, 0.15) is 22.0 Å². The Morgan fingerprint density at radius 3 is 2.58 bits per heavy atom. The van der Waals surface area contributed by atoms with Crippen molar-refractivity contribution in [3.63, 3.8) is 0 Å². The summed E-state index contributed by atoms with van der Waals surface area (Å²) < 4.78 is 12.1. The van der Waals surface area contributed by atoms with E-state index in [0.717, 1.165) is 5.56 Å². The normalized spacial score (nSPS) is 22.7. The number of halogens is 1. The smallest absolute Gasteiger partial charge is 0.355 e. The lowest BCUT2D eigenvalue weighted by Crippen LogP contribution is -2.68. The number of carbonyl (C=O) groups excluding carboxylic acids is 3. The number of thioether (sulfide) groups is 1. The number of hydrogen-bond acceptors (Lipinski definition) is 10. The van der Waals surface area contributed by atoms with Crippen molar-refractivity contribution in [1.29, 1.82) is 0 Å². The molecule has 1 fully saturated rings. The monoisotopic (exact) mass is 667 g/mol. The molecule has 0 saturated carbocycles. The molecule has 14 heteroatoms. The van der Waals surface area contributed by atoms with Gasteiger partial charge in [0.05, 0.1) is 10.6 Å². The second kappa shape index (κ2) is 11.6. The number of amides is 1. The van der Waals surface area contributed by atoms with Crippen molar-refractivity contribution < 1.29 is 28.8 Å². The first-order chi connectivity index (χ1) is 20.6. The summed E-state index contributed by atoms with van der Waals surface area (Å²) in [6.45, 7) is 3.17. The molecule has 3 aromatic rings. The molecule has 3 atom stereocenters. The molecule has 1 aromatic heterocycles. The summed E-state index contributed by atoms with van der Waals surface area (Å²) in [6.07, 6.45) is 1.49. The fraction of sp³-hybridized carbons (Fsp3) is 0.310. The van der Waals surface area contributed by atoms with Crippen molar-refractivity contribution in [2.75, 3.05) is 6.54 Å². The van der Waals surface area contributed by atoms with Gasteiger partial charge in [-0.1, -0.05) is 46.3 Å². The Labute approximate surface area is 258 Å². The predicted molar refractivity (Wildman–Crippen MR) is 158 cm³/mol. The summed E-state index contributed by atoms with van der Waals surface area (Å²) in [4.78, 5) is 56.9. The number of carbonyl (C=O) groups is 3. The number of nitrogens with zero attached hydrogens (tertiary/aromatic N) is 5. The van der Waals surface area contributed by atoms with Crippen LogP contribution in [0, 0.1) is 10.1 Å². The SMILES string of the molecule is CC(=O)OC1c2nc(CC3(Br)C(=O)N4C(C(=O)OCc5ccc([N+](=O)[O-])cc5)=CS[C@@H]43)cn2CCN1Cc1ccccc1.